The first-order valence-electron chi connectivity index (χ1n) is 7.17. The summed E-state index contributed by atoms with van der Waals surface area (Å²) in [6.45, 7) is 1.70. The van der Waals surface area contributed by atoms with E-state index in [2.05, 4.69) is 4.98 Å². The van der Waals surface area contributed by atoms with Gasteiger partial charge in [0, 0.05) is 32.0 Å². The van der Waals surface area contributed by atoms with Crippen LogP contribution in [0.4, 0.5) is 0 Å². The first kappa shape index (κ1) is 17.4. The molecule has 1 unspecified atom stereocenters. The molecule has 2 rings (SSSR count). The fourth-order valence-corrected chi connectivity index (χ4v) is 3.52. The summed E-state index contributed by atoms with van der Waals surface area (Å²) >= 11 is 0. The van der Waals surface area contributed by atoms with Crippen LogP contribution < -0.4 is 0 Å². The first-order chi connectivity index (χ1) is 10.9. The van der Waals surface area contributed by atoms with Crippen molar-refractivity contribution >= 4 is 21.9 Å². The average Bonchev–Trinajstić information content (AvgIpc) is 2.60. The maximum Gasteiger partial charge on any atom is 0.329 e. The minimum Gasteiger partial charge on any atom is -0.467 e. The van der Waals surface area contributed by atoms with E-state index in [0.29, 0.717) is 5.56 Å². The van der Waals surface area contributed by atoms with Crippen molar-refractivity contribution in [1.82, 2.24) is 14.2 Å². The van der Waals surface area contributed by atoms with Gasteiger partial charge in [-0.15, -0.1) is 0 Å². The first-order valence-corrected chi connectivity index (χ1v) is 8.78. The topological polar surface area (TPSA) is 96.9 Å². The predicted octanol–water partition coefficient (Wildman–Crippen LogP) is -0.269. The number of esters is 1. The summed E-state index contributed by atoms with van der Waals surface area (Å²) in [7, 11) is -2.22. The molecule has 0 bridgehead atoms. The summed E-state index contributed by atoms with van der Waals surface area (Å²) in [6, 6.07) is 2.25. The van der Waals surface area contributed by atoms with Gasteiger partial charge in [0.2, 0.25) is 10.0 Å². The number of carbonyl (C=O) groups excluding carboxylic acids is 2. The molecule has 23 heavy (non-hydrogen) atoms. The highest BCUT2D eigenvalue weighted by atomic mass is 32.2. The van der Waals surface area contributed by atoms with Gasteiger partial charge in [-0.05, 0) is 19.1 Å². The Labute approximate surface area is 135 Å². The second-order valence-corrected chi connectivity index (χ2v) is 7.30. The number of carbonyl (C=O) groups is 2. The van der Waals surface area contributed by atoms with Gasteiger partial charge >= 0.3 is 5.97 Å². The maximum absolute atomic E-state index is 12.6. The Morgan fingerprint density at radius 3 is 2.70 bits per heavy atom. The van der Waals surface area contributed by atoms with Crippen molar-refractivity contribution in [2.75, 3.05) is 32.5 Å². The van der Waals surface area contributed by atoms with Crippen LogP contribution in [0.25, 0.3) is 0 Å². The van der Waals surface area contributed by atoms with E-state index in [1.807, 2.05) is 0 Å². The molecule has 9 heteroatoms. The number of pyridine rings is 1. The van der Waals surface area contributed by atoms with E-state index < -0.39 is 22.0 Å². The van der Waals surface area contributed by atoms with Crippen molar-refractivity contribution in [1.29, 1.82) is 0 Å². The van der Waals surface area contributed by atoms with Gasteiger partial charge in [0.25, 0.3) is 5.91 Å². The van der Waals surface area contributed by atoms with Gasteiger partial charge in [0.05, 0.1) is 18.4 Å². The maximum atomic E-state index is 12.6. The van der Waals surface area contributed by atoms with Gasteiger partial charge in [-0.1, -0.05) is 0 Å². The Morgan fingerprint density at radius 2 is 2.13 bits per heavy atom. The normalized spacial score (nSPS) is 19.4. The van der Waals surface area contributed by atoms with Crippen LogP contribution in [0.15, 0.2) is 24.5 Å². The number of piperazine rings is 1. The lowest BCUT2D eigenvalue weighted by atomic mass is 10.1. The molecule has 0 aromatic carbocycles. The third-order valence-electron chi connectivity index (χ3n) is 3.74. The smallest absolute Gasteiger partial charge is 0.329 e. The minimum absolute atomic E-state index is 0.0581. The summed E-state index contributed by atoms with van der Waals surface area (Å²) in [5.74, 6) is -1.07. The van der Waals surface area contributed by atoms with E-state index in [4.69, 9.17) is 4.74 Å². The number of sulfonamides is 1. The Bertz CT molecular complexity index is 677. The Morgan fingerprint density at radius 1 is 1.39 bits per heavy atom. The molecule has 0 N–H and O–H groups in total. The van der Waals surface area contributed by atoms with Gasteiger partial charge in [-0.3, -0.25) is 9.78 Å². The molecule has 1 saturated heterocycles. The van der Waals surface area contributed by atoms with Crippen LogP contribution in [0.2, 0.25) is 0 Å². The number of nitrogens with zero attached hydrogens (tertiary/aromatic N) is 3. The predicted molar refractivity (Wildman–Crippen MR) is 82.1 cm³/mol. The Kier molecular flexibility index (Phi) is 5.32. The summed E-state index contributed by atoms with van der Waals surface area (Å²) < 4.78 is 30.0. The second kappa shape index (κ2) is 7.05. The molecule has 0 aliphatic carbocycles. The number of rotatable bonds is 4. The lowest BCUT2D eigenvalue weighted by molar-refractivity contribution is -0.147. The molecule has 0 saturated carbocycles. The van der Waals surface area contributed by atoms with Crippen molar-refractivity contribution in [3.05, 3.63) is 30.1 Å². The molecule has 1 fully saturated rings. The summed E-state index contributed by atoms with van der Waals surface area (Å²) in [5, 5.41) is 0. The van der Waals surface area contributed by atoms with E-state index >= 15 is 0 Å². The number of aromatic nitrogens is 1. The molecule has 126 valence electrons. The molecule has 1 aliphatic rings. The van der Waals surface area contributed by atoms with Crippen molar-refractivity contribution in [2.45, 2.75) is 13.0 Å². The molecule has 1 aromatic heterocycles. The van der Waals surface area contributed by atoms with Gasteiger partial charge in [0.15, 0.2) is 0 Å². The van der Waals surface area contributed by atoms with Crippen LogP contribution in [0.1, 0.15) is 17.3 Å². The minimum atomic E-state index is -3.43. The van der Waals surface area contributed by atoms with Crippen LogP contribution in [0.5, 0.6) is 0 Å². The van der Waals surface area contributed by atoms with E-state index in [0.717, 1.165) is 0 Å². The van der Waals surface area contributed by atoms with Gasteiger partial charge < -0.3 is 9.64 Å². The number of methoxy groups -OCH3 is 1. The third kappa shape index (κ3) is 3.67. The molecular formula is C14H19N3O5S. The zero-order chi connectivity index (χ0) is 17.0. The van der Waals surface area contributed by atoms with E-state index in [1.165, 1.54) is 29.4 Å². The van der Waals surface area contributed by atoms with Crippen molar-refractivity contribution in [3.63, 3.8) is 0 Å². The lowest BCUT2D eigenvalue weighted by Gasteiger charge is -2.39. The molecule has 1 atom stereocenters. The number of ether oxygens (including phenoxy) is 1. The fraction of sp³-hybridized carbons (Fsp3) is 0.500. The summed E-state index contributed by atoms with van der Waals surface area (Å²) in [5.41, 5.74) is 0.341. The standard InChI is InChI=1S/C14H19N3O5S/c1-3-23(20,21)16-7-8-17(12(10-16)14(19)22-2)13(18)11-5-4-6-15-9-11/h4-6,9,12H,3,7-8,10H2,1-2H3. The lowest BCUT2D eigenvalue weighted by Crippen LogP contribution is -2.59. The number of hydrogen-bond acceptors (Lipinski definition) is 6. The average molecular weight is 341 g/mol. The SMILES string of the molecule is CCS(=O)(=O)N1CCN(C(=O)c2cccnc2)C(C(=O)OC)C1. The summed E-state index contributed by atoms with van der Waals surface area (Å²) in [4.78, 5) is 29.8. The Balaban J connectivity index is 2.27. The number of hydrogen-bond donors (Lipinski definition) is 0. The third-order valence-corrected chi connectivity index (χ3v) is 5.59. The highest BCUT2D eigenvalue weighted by Crippen LogP contribution is 2.17. The molecule has 8 nitrogen and oxygen atoms in total. The monoisotopic (exact) mass is 341 g/mol. The van der Waals surface area contributed by atoms with E-state index in [9.17, 15) is 18.0 Å². The molecule has 1 aromatic rings. The summed E-state index contributed by atoms with van der Waals surface area (Å²) in [6.07, 6.45) is 2.95. The second-order valence-electron chi connectivity index (χ2n) is 5.04. The molecule has 0 radical (unpaired) electrons. The van der Waals surface area contributed by atoms with Gasteiger partial charge in [-0.25, -0.2) is 13.2 Å². The molecule has 1 aliphatic heterocycles. The molecule has 0 spiro atoms. The van der Waals surface area contributed by atoms with Crippen molar-refractivity contribution < 1.29 is 22.7 Å². The van der Waals surface area contributed by atoms with E-state index in [-0.39, 0.29) is 31.3 Å². The highest BCUT2D eigenvalue weighted by Gasteiger charge is 2.39. The molecular weight excluding hydrogens is 322 g/mol. The van der Waals surface area contributed by atoms with E-state index in [1.54, 1.807) is 18.3 Å². The fourth-order valence-electron chi connectivity index (χ4n) is 2.43. The molecule has 1 amide bonds. The zero-order valence-electron chi connectivity index (χ0n) is 13.0. The Hall–Kier alpha value is -2.00. The quantitative estimate of drug-likeness (QED) is 0.700. The van der Waals surface area contributed by atoms with Gasteiger partial charge in [-0.2, -0.15) is 4.31 Å². The van der Waals surface area contributed by atoms with Crippen LogP contribution >= 0.6 is 0 Å². The highest BCUT2D eigenvalue weighted by molar-refractivity contribution is 7.89. The molecule has 2 heterocycles. The van der Waals surface area contributed by atoms with Crippen molar-refractivity contribution in [3.8, 4) is 0 Å². The zero-order valence-corrected chi connectivity index (χ0v) is 13.8. The van der Waals surface area contributed by atoms with Crippen LogP contribution in [-0.2, 0) is 19.6 Å². The number of amides is 1. The van der Waals surface area contributed by atoms with Crippen LogP contribution in [0.3, 0.4) is 0 Å². The van der Waals surface area contributed by atoms with Crippen LogP contribution in [-0.4, -0.2) is 73.0 Å². The van der Waals surface area contributed by atoms with Crippen LogP contribution in [0, 0.1) is 0 Å². The van der Waals surface area contributed by atoms with Crippen molar-refractivity contribution in [2.24, 2.45) is 0 Å². The largest absolute Gasteiger partial charge is 0.467 e. The van der Waals surface area contributed by atoms with Gasteiger partial charge in [0.1, 0.15) is 6.04 Å².